The highest BCUT2D eigenvalue weighted by atomic mass is 79.9. The van der Waals surface area contributed by atoms with Crippen molar-refractivity contribution in [2.75, 3.05) is 14.2 Å². The van der Waals surface area contributed by atoms with Crippen molar-refractivity contribution in [1.82, 2.24) is 4.72 Å². The van der Waals surface area contributed by atoms with Crippen LogP contribution in [0.15, 0.2) is 27.6 Å². The molecular weight excluding hydrogens is 298 g/mol. The van der Waals surface area contributed by atoms with Crippen molar-refractivity contribution in [3.63, 3.8) is 0 Å². The summed E-state index contributed by atoms with van der Waals surface area (Å²) in [5.41, 5.74) is 0.180. The van der Waals surface area contributed by atoms with Crippen molar-refractivity contribution in [3.05, 3.63) is 28.2 Å². The van der Waals surface area contributed by atoms with Gasteiger partial charge in [-0.05, 0) is 41.2 Å². The number of sulfonamides is 1. The van der Waals surface area contributed by atoms with Crippen LogP contribution in [0.3, 0.4) is 0 Å². The van der Waals surface area contributed by atoms with Crippen molar-refractivity contribution in [1.29, 1.82) is 0 Å². The monoisotopic (exact) mass is 307 g/mol. The van der Waals surface area contributed by atoms with Crippen molar-refractivity contribution >= 4 is 31.9 Å². The fraction of sp³-hybridized carbons (Fsp3) is 0.222. The van der Waals surface area contributed by atoms with E-state index in [2.05, 4.69) is 25.4 Å². The SMILES string of the molecule is CNS(=O)(=O)c1cc(C(=O)OC)ccc1Br. The number of hydrogen-bond acceptors (Lipinski definition) is 4. The summed E-state index contributed by atoms with van der Waals surface area (Å²) in [5, 5.41) is 0. The highest BCUT2D eigenvalue weighted by Crippen LogP contribution is 2.23. The Kier molecular flexibility index (Phi) is 4.06. The summed E-state index contributed by atoms with van der Waals surface area (Å²) in [5.74, 6) is -0.583. The number of ether oxygens (including phenoxy) is 1. The maximum atomic E-state index is 11.6. The molecular formula is C9H10BrNO4S. The molecule has 0 aliphatic carbocycles. The minimum absolute atomic E-state index is 0.00194. The predicted molar refractivity (Wildman–Crippen MR) is 61.7 cm³/mol. The van der Waals surface area contributed by atoms with E-state index in [0.29, 0.717) is 4.47 Å². The molecule has 0 heterocycles. The second kappa shape index (κ2) is 4.94. The average molecular weight is 308 g/mol. The Morgan fingerprint density at radius 3 is 2.56 bits per heavy atom. The van der Waals surface area contributed by atoms with Crippen LogP contribution in [0.2, 0.25) is 0 Å². The summed E-state index contributed by atoms with van der Waals surface area (Å²) in [6.07, 6.45) is 0. The Morgan fingerprint density at radius 2 is 2.06 bits per heavy atom. The van der Waals surface area contributed by atoms with Gasteiger partial charge in [-0.1, -0.05) is 0 Å². The van der Waals surface area contributed by atoms with Crippen molar-refractivity contribution < 1.29 is 17.9 Å². The summed E-state index contributed by atoms with van der Waals surface area (Å²) < 4.78 is 30.2. The molecule has 0 aliphatic heterocycles. The van der Waals surface area contributed by atoms with Gasteiger partial charge >= 0.3 is 5.97 Å². The summed E-state index contributed by atoms with van der Waals surface area (Å²) in [6.45, 7) is 0. The van der Waals surface area contributed by atoms with Gasteiger partial charge < -0.3 is 4.74 Å². The molecule has 0 bridgehead atoms. The average Bonchev–Trinajstić information content (AvgIpc) is 2.28. The van der Waals surface area contributed by atoms with Gasteiger partial charge in [0.1, 0.15) is 0 Å². The molecule has 0 fully saturated rings. The van der Waals surface area contributed by atoms with Gasteiger partial charge in [-0.25, -0.2) is 17.9 Å². The molecule has 0 unspecified atom stereocenters. The molecule has 1 aromatic carbocycles. The van der Waals surface area contributed by atoms with Gasteiger partial charge in [-0.3, -0.25) is 0 Å². The van der Waals surface area contributed by atoms with Gasteiger partial charge in [-0.15, -0.1) is 0 Å². The topological polar surface area (TPSA) is 72.5 Å². The highest BCUT2D eigenvalue weighted by molar-refractivity contribution is 9.10. The Balaban J connectivity index is 3.36. The Hall–Kier alpha value is -0.920. The fourth-order valence-corrected chi connectivity index (χ4v) is 2.78. The van der Waals surface area contributed by atoms with E-state index in [1.807, 2.05) is 0 Å². The third-order valence-corrected chi connectivity index (χ3v) is 4.32. The summed E-state index contributed by atoms with van der Waals surface area (Å²) in [7, 11) is -1.07. The molecule has 1 aromatic rings. The Bertz CT molecular complexity index is 512. The molecule has 0 amide bonds. The number of carbonyl (C=O) groups excluding carboxylic acids is 1. The van der Waals surface area contributed by atoms with Crippen LogP contribution in [-0.4, -0.2) is 28.5 Å². The lowest BCUT2D eigenvalue weighted by atomic mass is 10.2. The number of rotatable bonds is 3. The van der Waals surface area contributed by atoms with Gasteiger partial charge in [0.2, 0.25) is 10.0 Å². The zero-order chi connectivity index (χ0) is 12.3. The molecule has 5 nitrogen and oxygen atoms in total. The van der Waals surface area contributed by atoms with Gasteiger partial charge in [-0.2, -0.15) is 0 Å². The van der Waals surface area contributed by atoms with E-state index in [0.717, 1.165) is 0 Å². The van der Waals surface area contributed by atoms with E-state index in [-0.39, 0.29) is 10.5 Å². The van der Waals surface area contributed by atoms with Crippen LogP contribution >= 0.6 is 15.9 Å². The number of benzene rings is 1. The van der Waals surface area contributed by atoms with Crippen LogP contribution in [0.25, 0.3) is 0 Å². The summed E-state index contributed by atoms with van der Waals surface area (Å²) in [6, 6.07) is 4.21. The predicted octanol–water partition coefficient (Wildman–Crippen LogP) is 1.14. The molecule has 7 heteroatoms. The number of halogens is 1. The van der Waals surface area contributed by atoms with Crippen molar-refractivity contribution in [2.24, 2.45) is 0 Å². The van der Waals surface area contributed by atoms with Crippen LogP contribution in [0.5, 0.6) is 0 Å². The van der Waals surface area contributed by atoms with Crippen molar-refractivity contribution in [3.8, 4) is 0 Å². The van der Waals surface area contributed by atoms with E-state index < -0.39 is 16.0 Å². The second-order valence-electron chi connectivity index (χ2n) is 2.84. The summed E-state index contributed by atoms with van der Waals surface area (Å²) in [4.78, 5) is 11.2. The van der Waals surface area contributed by atoms with Crippen LogP contribution in [0.1, 0.15) is 10.4 Å². The normalized spacial score (nSPS) is 11.2. The Labute approximate surface area is 102 Å². The number of hydrogen-bond donors (Lipinski definition) is 1. The second-order valence-corrected chi connectivity index (χ2v) is 5.55. The lowest BCUT2D eigenvalue weighted by molar-refractivity contribution is 0.0600. The van der Waals surface area contributed by atoms with Gasteiger partial charge in [0.15, 0.2) is 0 Å². The Morgan fingerprint density at radius 1 is 1.44 bits per heavy atom. The molecule has 0 spiro atoms. The molecule has 0 saturated carbocycles. The zero-order valence-corrected chi connectivity index (χ0v) is 11.1. The lowest BCUT2D eigenvalue weighted by Crippen LogP contribution is -2.19. The smallest absolute Gasteiger partial charge is 0.337 e. The molecule has 0 atom stereocenters. The van der Waals surface area contributed by atoms with Gasteiger partial charge in [0, 0.05) is 4.47 Å². The first-order valence-corrected chi connectivity index (χ1v) is 6.51. The molecule has 0 aromatic heterocycles. The van der Waals surface area contributed by atoms with Crippen LogP contribution in [-0.2, 0) is 14.8 Å². The third kappa shape index (κ3) is 2.60. The van der Waals surface area contributed by atoms with Gasteiger partial charge in [0.25, 0.3) is 0 Å². The maximum absolute atomic E-state index is 11.6. The summed E-state index contributed by atoms with van der Waals surface area (Å²) >= 11 is 3.11. The third-order valence-electron chi connectivity index (χ3n) is 1.91. The van der Waals surface area contributed by atoms with Crippen LogP contribution in [0, 0.1) is 0 Å². The highest BCUT2D eigenvalue weighted by Gasteiger charge is 2.18. The maximum Gasteiger partial charge on any atom is 0.337 e. The number of nitrogens with one attached hydrogen (secondary N) is 1. The molecule has 1 N–H and O–H groups in total. The largest absolute Gasteiger partial charge is 0.465 e. The van der Waals surface area contributed by atoms with Crippen molar-refractivity contribution in [2.45, 2.75) is 4.90 Å². The van der Waals surface area contributed by atoms with E-state index in [1.165, 1.54) is 32.4 Å². The first-order valence-electron chi connectivity index (χ1n) is 4.24. The zero-order valence-electron chi connectivity index (χ0n) is 8.65. The molecule has 0 radical (unpaired) electrons. The molecule has 1 rings (SSSR count). The molecule has 88 valence electrons. The van der Waals surface area contributed by atoms with E-state index in [1.54, 1.807) is 0 Å². The molecule has 0 aliphatic rings. The standard InChI is InChI=1S/C9H10BrNO4S/c1-11-16(13,14)8-5-6(9(12)15-2)3-4-7(8)10/h3-5,11H,1-2H3. The first kappa shape index (κ1) is 13.1. The number of methoxy groups -OCH3 is 1. The van der Waals surface area contributed by atoms with Gasteiger partial charge in [0.05, 0.1) is 17.6 Å². The van der Waals surface area contributed by atoms with E-state index in [9.17, 15) is 13.2 Å². The molecule has 16 heavy (non-hydrogen) atoms. The first-order chi connectivity index (χ1) is 7.42. The van der Waals surface area contributed by atoms with Crippen LogP contribution in [0.4, 0.5) is 0 Å². The van der Waals surface area contributed by atoms with Crippen LogP contribution < -0.4 is 4.72 Å². The van der Waals surface area contributed by atoms with E-state index >= 15 is 0 Å². The minimum Gasteiger partial charge on any atom is -0.465 e. The molecule has 0 saturated heterocycles. The number of carbonyl (C=O) groups is 1. The minimum atomic E-state index is -3.60. The lowest BCUT2D eigenvalue weighted by Gasteiger charge is -2.06. The van der Waals surface area contributed by atoms with E-state index in [4.69, 9.17) is 0 Å². The quantitative estimate of drug-likeness (QED) is 0.850. The number of esters is 1. The fourth-order valence-electron chi connectivity index (χ4n) is 1.06.